The molecule has 6 heteroatoms. The minimum Gasteiger partial charge on any atom is -0.308 e. The third-order valence-corrected chi connectivity index (χ3v) is 1.94. The smallest absolute Gasteiger partial charge is 0.308 e. The van der Waals surface area contributed by atoms with Gasteiger partial charge in [-0.1, -0.05) is 0 Å². The van der Waals surface area contributed by atoms with E-state index in [1.165, 1.54) is 6.92 Å². The van der Waals surface area contributed by atoms with Crippen molar-refractivity contribution in [2.45, 2.75) is 32.1 Å². The van der Waals surface area contributed by atoms with Gasteiger partial charge in [-0.3, -0.25) is 4.68 Å². The first-order valence-electron chi connectivity index (χ1n) is 4.65. The Kier molecular flexibility index (Phi) is 3.73. The highest BCUT2D eigenvalue weighted by Gasteiger charge is 2.29. The summed E-state index contributed by atoms with van der Waals surface area (Å²) in [6, 6.07) is 1.18. The van der Waals surface area contributed by atoms with Gasteiger partial charge in [0.15, 0.2) is 0 Å². The van der Waals surface area contributed by atoms with Gasteiger partial charge >= 0.3 is 6.18 Å². The molecule has 1 N–H and O–H groups in total. The van der Waals surface area contributed by atoms with Gasteiger partial charge in [0.05, 0.1) is 12.1 Å². The molecule has 1 atom stereocenters. The van der Waals surface area contributed by atoms with Gasteiger partial charge in [-0.2, -0.15) is 18.3 Å². The SMILES string of the molecule is CC(CC(F)(F)F)NCc1ccn(C)n1. The average molecular weight is 221 g/mol. The molecule has 0 fully saturated rings. The summed E-state index contributed by atoms with van der Waals surface area (Å²) in [6.45, 7) is 1.87. The van der Waals surface area contributed by atoms with Crippen molar-refractivity contribution in [1.82, 2.24) is 15.1 Å². The van der Waals surface area contributed by atoms with Crippen LogP contribution in [-0.2, 0) is 13.6 Å². The molecule has 0 spiro atoms. The summed E-state index contributed by atoms with van der Waals surface area (Å²) in [5, 5.41) is 6.82. The molecule has 3 nitrogen and oxygen atoms in total. The van der Waals surface area contributed by atoms with Crippen LogP contribution in [0.3, 0.4) is 0 Å². The Hall–Kier alpha value is -1.04. The highest BCUT2D eigenvalue weighted by Crippen LogP contribution is 2.21. The van der Waals surface area contributed by atoms with Crippen molar-refractivity contribution in [3.8, 4) is 0 Å². The van der Waals surface area contributed by atoms with E-state index in [1.807, 2.05) is 0 Å². The third-order valence-electron chi connectivity index (χ3n) is 1.94. The summed E-state index contributed by atoms with van der Waals surface area (Å²) in [5.41, 5.74) is 0.742. The highest BCUT2D eigenvalue weighted by molar-refractivity contribution is 4.98. The van der Waals surface area contributed by atoms with E-state index in [0.29, 0.717) is 6.54 Å². The predicted molar refractivity (Wildman–Crippen MR) is 50.2 cm³/mol. The second kappa shape index (κ2) is 4.65. The van der Waals surface area contributed by atoms with Crippen molar-refractivity contribution >= 4 is 0 Å². The normalized spacial score (nSPS) is 14.2. The summed E-state index contributed by atoms with van der Waals surface area (Å²) >= 11 is 0. The number of alkyl halides is 3. The molecular weight excluding hydrogens is 207 g/mol. The second-order valence-corrected chi connectivity index (χ2v) is 3.58. The van der Waals surface area contributed by atoms with Gasteiger partial charge in [0.2, 0.25) is 0 Å². The van der Waals surface area contributed by atoms with Crippen LogP contribution in [-0.4, -0.2) is 22.0 Å². The van der Waals surface area contributed by atoms with E-state index in [0.717, 1.165) is 5.69 Å². The Morgan fingerprint density at radius 1 is 1.53 bits per heavy atom. The summed E-state index contributed by atoms with van der Waals surface area (Å²) < 4.78 is 37.5. The van der Waals surface area contributed by atoms with E-state index in [9.17, 15) is 13.2 Å². The molecule has 1 aromatic heterocycles. The minimum atomic E-state index is -4.11. The number of hydrogen-bond acceptors (Lipinski definition) is 2. The van der Waals surface area contributed by atoms with Crippen molar-refractivity contribution in [3.05, 3.63) is 18.0 Å². The number of hydrogen-bond donors (Lipinski definition) is 1. The standard InChI is InChI=1S/C9H14F3N3/c1-7(5-9(10,11)12)13-6-8-3-4-15(2)14-8/h3-4,7,13H,5-6H2,1-2H3. The fourth-order valence-electron chi connectivity index (χ4n) is 1.26. The molecule has 1 rings (SSSR count). The van der Waals surface area contributed by atoms with Gasteiger partial charge in [0.25, 0.3) is 0 Å². The van der Waals surface area contributed by atoms with Crippen LogP contribution in [0.25, 0.3) is 0 Å². The van der Waals surface area contributed by atoms with E-state index in [-0.39, 0.29) is 0 Å². The monoisotopic (exact) mass is 221 g/mol. The molecule has 1 unspecified atom stereocenters. The van der Waals surface area contributed by atoms with Crippen LogP contribution in [0.1, 0.15) is 19.0 Å². The predicted octanol–water partition coefficient (Wildman–Crippen LogP) is 1.85. The fraction of sp³-hybridized carbons (Fsp3) is 0.667. The van der Waals surface area contributed by atoms with Crippen molar-refractivity contribution in [2.75, 3.05) is 0 Å². The first-order chi connectivity index (χ1) is 6.87. The van der Waals surface area contributed by atoms with Crippen molar-refractivity contribution in [1.29, 1.82) is 0 Å². The van der Waals surface area contributed by atoms with Gasteiger partial charge in [0.1, 0.15) is 0 Å². The second-order valence-electron chi connectivity index (χ2n) is 3.58. The van der Waals surface area contributed by atoms with Crippen molar-refractivity contribution < 1.29 is 13.2 Å². The topological polar surface area (TPSA) is 29.9 Å². The minimum absolute atomic E-state index is 0.359. The maximum Gasteiger partial charge on any atom is 0.390 e. The zero-order valence-corrected chi connectivity index (χ0v) is 8.67. The largest absolute Gasteiger partial charge is 0.390 e. The van der Waals surface area contributed by atoms with Gasteiger partial charge in [0, 0.05) is 25.8 Å². The van der Waals surface area contributed by atoms with E-state index in [1.54, 1.807) is 24.0 Å². The third kappa shape index (κ3) is 4.83. The van der Waals surface area contributed by atoms with Crippen LogP contribution in [0, 0.1) is 0 Å². The van der Waals surface area contributed by atoms with E-state index >= 15 is 0 Å². The maximum atomic E-state index is 12.0. The maximum absolute atomic E-state index is 12.0. The van der Waals surface area contributed by atoms with Crippen LogP contribution in [0.15, 0.2) is 12.3 Å². The molecule has 15 heavy (non-hydrogen) atoms. The van der Waals surface area contributed by atoms with Gasteiger partial charge in [-0.05, 0) is 13.0 Å². The first kappa shape index (κ1) is 12.0. The molecule has 0 saturated heterocycles. The van der Waals surface area contributed by atoms with Gasteiger partial charge in [-0.15, -0.1) is 0 Å². The number of aryl methyl sites for hydroxylation is 1. The van der Waals surface area contributed by atoms with E-state index in [4.69, 9.17) is 0 Å². The fourth-order valence-corrected chi connectivity index (χ4v) is 1.26. The number of halogens is 3. The molecule has 1 aromatic rings. The summed E-state index contributed by atoms with van der Waals surface area (Å²) in [7, 11) is 1.77. The lowest BCUT2D eigenvalue weighted by Crippen LogP contribution is -2.30. The van der Waals surface area contributed by atoms with Crippen LogP contribution < -0.4 is 5.32 Å². The van der Waals surface area contributed by atoms with Gasteiger partial charge < -0.3 is 5.32 Å². The van der Waals surface area contributed by atoms with Crippen molar-refractivity contribution in [3.63, 3.8) is 0 Å². The molecule has 1 heterocycles. The van der Waals surface area contributed by atoms with E-state index < -0.39 is 18.6 Å². The molecular formula is C9H14F3N3. The number of rotatable bonds is 4. The first-order valence-corrected chi connectivity index (χ1v) is 4.65. The molecule has 0 bridgehead atoms. The molecule has 0 aliphatic heterocycles. The summed E-state index contributed by atoms with van der Waals surface area (Å²) in [4.78, 5) is 0. The van der Waals surface area contributed by atoms with Crippen molar-refractivity contribution in [2.24, 2.45) is 7.05 Å². The Morgan fingerprint density at radius 2 is 2.20 bits per heavy atom. The molecule has 0 amide bonds. The lowest BCUT2D eigenvalue weighted by molar-refractivity contribution is -0.139. The molecule has 0 aliphatic rings. The lowest BCUT2D eigenvalue weighted by Gasteiger charge is -2.14. The Bertz CT molecular complexity index is 306. The Morgan fingerprint density at radius 3 is 2.67 bits per heavy atom. The van der Waals surface area contributed by atoms with Crippen LogP contribution >= 0.6 is 0 Å². The average Bonchev–Trinajstić information content (AvgIpc) is 2.45. The zero-order valence-electron chi connectivity index (χ0n) is 8.67. The lowest BCUT2D eigenvalue weighted by atomic mass is 10.2. The van der Waals surface area contributed by atoms with Crippen LogP contribution in [0.2, 0.25) is 0 Å². The highest BCUT2D eigenvalue weighted by atomic mass is 19.4. The Balaban J connectivity index is 2.31. The molecule has 0 aliphatic carbocycles. The summed E-state index contributed by atoms with van der Waals surface area (Å²) in [5.74, 6) is 0. The molecule has 0 saturated carbocycles. The summed E-state index contributed by atoms with van der Waals surface area (Å²) in [6.07, 6.45) is -3.18. The van der Waals surface area contributed by atoms with Crippen LogP contribution in [0.5, 0.6) is 0 Å². The quantitative estimate of drug-likeness (QED) is 0.840. The molecule has 0 radical (unpaired) electrons. The van der Waals surface area contributed by atoms with Gasteiger partial charge in [-0.25, -0.2) is 0 Å². The van der Waals surface area contributed by atoms with Crippen LogP contribution in [0.4, 0.5) is 13.2 Å². The zero-order chi connectivity index (χ0) is 11.5. The molecule has 0 aromatic carbocycles. The number of aromatic nitrogens is 2. The molecule has 86 valence electrons. The number of nitrogens with zero attached hydrogens (tertiary/aromatic N) is 2. The number of nitrogens with one attached hydrogen (secondary N) is 1. The Labute approximate surface area is 86.3 Å². The van der Waals surface area contributed by atoms with E-state index in [2.05, 4.69) is 10.4 Å².